The third kappa shape index (κ3) is 5.87. The average Bonchev–Trinajstić information content (AvgIpc) is 2.57. The van der Waals surface area contributed by atoms with Gasteiger partial charge in [-0.25, -0.2) is 4.79 Å². The first-order valence-electron chi connectivity index (χ1n) is 8.92. The molecule has 5 heteroatoms. The quantitative estimate of drug-likeness (QED) is 0.754. The molecule has 2 rings (SSSR count). The maximum Gasteiger partial charge on any atom is 0.312 e. The van der Waals surface area contributed by atoms with Crippen LogP contribution >= 0.6 is 0 Å². The van der Waals surface area contributed by atoms with Crippen molar-refractivity contribution in [2.45, 2.75) is 45.4 Å². The maximum atomic E-state index is 12.5. The standard InChI is InChI=1S/C19H29N3O2/c1-15-6-2-3-8-17(15)14-18(23)22-12-9-16(10-13-22)7-4-5-11-21-19(20)24/h2-3,6,8,16H,4-5,7,9-14H2,1H3,(H3,20,21,24). The van der Waals surface area contributed by atoms with Crippen LogP contribution in [0.3, 0.4) is 0 Å². The van der Waals surface area contributed by atoms with Crippen molar-refractivity contribution in [2.75, 3.05) is 19.6 Å². The Labute approximate surface area is 144 Å². The molecule has 0 spiro atoms. The van der Waals surface area contributed by atoms with E-state index in [-0.39, 0.29) is 5.91 Å². The van der Waals surface area contributed by atoms with Crippen LogP contribution < -0.4 is 11.1 Å². The van der Waals surface area contributed by atoms with E-state index in [9.17, 15) is 9.59 Å². The molecule has 1 aliphatic heterocycles. The zero-order chi connectivity index (χ0) is 17.4. The minimum absolute atomic E-state index is 0.244. The van der Waals surface area contributed by atoms with Crippen LogP contribution in [0.15, 0.2) is 24.3 Å². The van der Waals surface area contributed by atoms with Crippen LogP contribution in [0.4, 0.5) is 4.79 Å². The fourth-order valence-electron chi connectivity index (χ4n) is 3.32. The lowest BCUT2D eigenvalue weighted by atomic mass is 9.91. The minimum Gasteiger partial charge on any atom is -0.352 e. The van der Waals surface area contributed by atoms with E-state index in [1.165, 1.54) is 12.0 Å². The van der Waals surface area contributed by atoms with Crippen molar-refractivity contribution in [1.82, 2.24) is 10.2 Å². The summed E-state index contributed by atoms with van der Waals surface area (Å²) < 4.78 is 0. The van der Waals surface area contributed by atoms with Crippen molar-refractivity contribution in [2.24, 2.45) is 11.7 Å². The molecule has 1 aromatic rings. The Morgan fingerprint density at radius 1 is 1.21 bits per heavy atom. The first-order valence-corrected chi connectivity index (χ1v) is 8.92. The topological polar surface area (TPSA) is 75.4 Å². The summed E-state index contributed by atoms with van der Waals surface area (Å²) in [7, 11) is 0. The number of nitrogens with one attached hydrogen (secondary N) is 1. The SMILES string of the molecule is Cc1ccccc1CC(=O)N1CCC(CCCCNC(N)=O)CC1. The molecule has 0 unspecified atom stereocenters. The summed E-state index contributed by atoms with van der Waals surface area (Å²) in [5.74, 6) is 0.939. The molecule has 0 radical (unpaired) electrons. The molecule has 1 saturated heterocycles. The molecular formula is C19H29N3O2. The van der Waals surface area contributed by atoms with E-state index in [0.29, 0.717) is 18.9 Å². The summed E-state index contributed by atoms with van der Waals surface area (Å²) >= 11 is 0. The van der Waals surface area contributed by atoms with Crippen LogP contribution in [0.1, 0.15) is 43.2 Å². The lowest BCUT2D eigenvalue weighted by Crippen LogP contribution is -2.39. The number of nitrogens with zero attached hydrogens (tertiary/aromatic N) is 1. The largest absolute Gasteiger partial charge is 0.352 e. The molecule has 5 nitrogen and oxygen atoms in total. The van der Waals surface area contributed by atoms with Crippen molar-refractivity contribution in [3.8, 4) is 0 Å². The maximum absolute atomic E-state index is 12.5. The summed E-state index contributed by atoms with van der Waals surface area (Å²) in [5, 5.41) is 2.62. The number of amides is 3. The third-order valence-corrected chi connectivity index (χ3v) is 4.91. The van der Waals surface area contributed by atoms with Gasteiger partial charge in [-0.3, -0.25) is 4.79 Å². The van der Waals surface area contributed by atoms with Crippen LogP contribution in [0.5, 0.6) is 0 Å². The molecule has 0 aliphatic carbocycles. The second-order valence-corrected chi connectivity index (χ2v) is 6.71. The highest BCUT2D eigenvalue weighted by molar-refractivity contribution is 5.79. The van der Waals surface area contributed by atoms with Crippen LogP contribution in [-0.2, 0) is 11.2 Å². The first-order chi connectivity index (χ1) is 11.6. The number of nitrogens with two attached hydrogens (primary N) is 1. The predicted molar refractivity (Wildman–Crippen MR) is 95.6 cm³/mol. The summed E-state index contributed by atoms with van der Waals surface area (Å²) in [5.41, 5.74) is 7.35. The number of piperidine rings is 1. The fraction of sp³-hybridized carbons (Fsp3) is 0.579. The molecule has 1 heterocycles. The Kier molecular flexibility index (Phi) is 7.09. The second-order valence-electron chi connectivity index (χ2n) is 6.71. The van der Waals surface area contributed by atoms with E-state index in [1.807, 2.05) is 23.1 Å². The molecule has 3 amide bonds. The molecule has 24 heavy (non-hydrogen) atoms. The van der Waals surface area contributed by atoms with Gasteiger partial charge in [-0.15, -0.1) is 0 Å². The van der Waals surface area contributed by atoms with E-state index in [1.54, 1.807) is 0 Å². The van der Waals surface area contributed by atoms with Gasteiger partial charge in [0.2, 0.25) is 5.91 Å². The number of hydrogen-bond acceptors (Lipinski definition) is 2. The van der Waals surface area contributed by atoms with E-state index in [0.717, 1.165) is 44.3 Å². The number of carbonyl (C=O) groups excluding carboxylic acids is 2. The number of aryl methyl sites for hydroxylation is 1. The summed E-state index contributed by atoms with van der Waals surface area (Å²) in [4.78, 5) is 25.1. The molecule has 0 bridgehead atoms. The van der Waals surface area contributed by atoms with E-state index >= 15 is 0 Å². The zero-order valence-corrected chi connectivity index (χ0v) is 14.6. The van der Waals surface area contributed by atoms with Gasteiger partial charge in [-0.1, -0.05) is 37.1 Å². The highest BCUT2D eigenvalue weighted by Gasteiger charge is 2.22. The van der Waals surface area contributed by atoms with Gasteiger partial charge in [-0.2, -0.15) is 0 Å². The minimum atomic E-state index is -0.449. The van der Waals surface area contributed by atoms with Gasteiger partial charge in [0.15, 0.2) is 0 Å². The molecule has 0 saturated carbocycles. The Hall–Kier alpha value is -2.04. The third-order valence-electron chi connectivity index (χ3n) is 4.91. The lowest BCUT2D eigenvalue weighted by molar-refractivity contribution is -0.131. The number of likely N-dealkylation sites (tertiary alicyclic amines) is 1. The lowest BCUT2D eigenvalue weighted by Gasteiger charge is -2.32. The summed E-state index contributed by atoms with van der Waals surface area (Å²) in [6, 6.07) is 7.65. The van der Waals surface area contributed by atoms with E-state index < -0.39 is 6.03 Å². The zero-order valence-electron chi connectivity index (χ0n) is 14.6. The summed E-state index contributed by atoms with van der Waals surface area (Å²) in [6.45, 7) is 4.45. The normalized spacial score (nSPS) is 15.3. The summed E-state index contributed by atoms with van der Waals surface area (Å²) in [6.07, 6.45) is 5.92. The molecular weight excluding hydrogens is 302 g/mol. The molecule has 1 aliphatic rings. The number of carbonyl (C=O) groups is 2. The van der Waals surface area contributed by atoms with Gasteiger partial charge < -0.3 is 16.0 Å². The van der Waals surface area contributed by atoms with Gasteiger partial charge in [0, 0.05) is 19.6 Å². The van der Waals surface area contributed by atoms with Gasteiger partial charge in [0.05, 0.1) is 6.42 Å². The Bertz CT molecular complexity index is 551. The highest BCUT2D eigenvalue weighted by atomic mass is 16.2. The predicted octanol–water partition coefficient (Wildman–Crippen LogP) is 2.61. The van der Waals surface area contributed by atoms with Gasteiger partial charge in [0.1, 0.15) is 0 Å². The Balaban J connectivity index is 1.66. The van der Waals surface area contributed by atoms with Crippen molar-refractivity contribution in [1.29, 1.82) is 0 Å². The number of rotatable bonds is 7. The molecule has 3 N–H and O–H groups in total. The second kappa shape index (κ2) is 9.30. The number of primary amides is 1. The van der Waals surface area contributed by atoms with Crippen LogP contribution in [-0.4, -0.2) is 36.5 Å². The average molecular weight is 331 g/mol. The molecule has 0 atom stereocenters. The van der Waals surface area contributed by atoms with E-state index in [4.69, 9.17) is 5.73 Å². The smallest absolute Gasteiger partial charge is 0.312 e. The van der Waals surface area contributed by atoms with Crippen LogP contribution in [0, 0.1) is 12.8 Å². The number of unbranched alkanes of at least 4 members (excludes halogenated alkanes) is 1. The Morgan fingerprint density at radius 3 is 2.58 bits per heavy atom. The molecule has 1 aromatic carbocycles. The highest BCUT2D eigenvalue weighted by Crippen LogP contribution is 2.23. The van der Waals surface area contributed by atoms with Gasteiger partial charge in [-0.05, 0) is 43.2 Å². The number of urea groups is 1. The molecule has 1 fully saturated rings. The van der Waals surface area contributed by atoms with E-state index in [2.05, 4.69) is 18.3 Å². The van der Waals surface area contributed by atoms with Gasteiger partial charge in [0.25, 0.3) is 0 Å². The van der Waals surface area contributed by atoms with Crippen molar-refractivity contribution in [3.05, 3.63) is 35.4 Å². The van der Waals surface area contributed by atoms with Crippen molar-refractivity contribution in [3.63, 3.8) is 0 Å². The first kappa shape index (κ1) is 18.3. The number of hydrogen-bond donors (Lipinski definition) is 2. The monoisotopic (exact) mass is 331 g/mol. The molecule has 132 valence electrons. The number of benzene rings is 1. The van der Waals surface area contributed by atoms with Crippen molar-refractivity contribution < 1.29 is 9.59 Å². The van der Waals surface area contributed by atoms with Gasteiger partial charge >= 0.3 is 6.03 Å². The fourth-order valence-corrected chi connectivity index (χ4v) is 3.32. The molecule has 0 aromatic heterocycles. The Morgan fingerprint density at radius 2 is 1.92 bits per heavy atom. The van der Waals surface area contributed by atoms with Crippen LogP contribution in [0.25, 0.3) is 0 Å². The van der Waals surface area contributed by atoms with Crippen LogP contribution in [0.2, 0.25) is 0 Å². The van der Waals surface area contributed by atoms with Crippen molar-refractivity contribution >= 4 is 11.9 Å².